The third-order valence-corrected chi connectivity index (χ3v) is 3.22. The van der Waals surface area contributed by atoms with E-state index in [0.29, 0.717) is 0 Å². The van der Waals surface area contributed by atoms with Gasteiger partial charge in [-0.1, -0.05) is 27.2 Å². The van der Waals surface area contributed by atoms with Gasteiger partial charge < -0.3 is 5.21 Å². The maximum atomic E-state index is 8.42. The van der Waals surface area contributed by atoms with Gasteiger partial charge >= 0.3 is 0 Å². The maximum Gasteiger partial charge on any atom is 0.0748 e. The second-order valence-electron chi connectivity index (χ2n) is 2.58. The fourth-order valence-electron chi connectivity index (χ4n) is 1.18. The molecular formula is C9H6BrNOS. The third kappa shape index (κ3) is 1.59. The van der Waals surface area contributed by atoms with Crippen molar-refractivity contribution in [3.05, 3.63) is 33.6 Å². The van der Waals surface area contributed by atoms with E-state index < -0.39 is 0 Å². The minimum atomic E-state index is 0.954. The fourth-order valence-corrected chi connectivity index (χ4v) is 2.65. The number of hydrogen-bond donors (Lipinski definition) is 1. The van der Waals surface area contributed by atoms with Crippen molar-refractivity contribution in [2.45, 2.75) is 0 Å². The van der Waals surface area contributed by atoms with Gasteiger partial charge in [0.15, 0.2) is 0 Å². The first-order valence-electron chi connectivity index (χ1n) is 3.65. The Hall–Kier alpha value is -0.870. The molecule has 1 aromatic carbocycles. The molecule has 0 atom stereocenters. The van der Waals surface area contributed by atoms with E-state index in [1.54, 1.807) is 11.3 Å². The van der Waals surface area contributed by atoms with E-state index in [2.05, 4.69) is 27.2 Å². The monoisotopic (exact) mass is 255 g/mol. The lowest BCUT2D eigenvalue weighted by molar-refractivity contribution is 0.322. The van der Waals surface area contributed by atoms with Gasteiger partial charge in [0.25, 0.3) is 0 Å². The van der Waals surface area contributed by atoms with Gasteiger partial charge in [0.2, 0.25) is 0 Å². The predicted octanol–water partition coefficient (Wildman–Crippen LogP) is 3.47. The lowest BCUT2D eigenvalue weighted by Gasteiger charge is -1.91. The molecule has 2 aromatic rings. The quantitative estimate of drug-likeness (QED) is 0.473. The molecule has 1 heterocycles. The van der Waals surface area contributed by atoms with Crippen LogP contribution in [0.3, 0.4) is 0 Å². The number of benzene rings is 1. The molecule has 0 amide bonds. The molecular weight excluding hydrogens is 250 g/mol. The minimum Gasteiger partial charge on any atom is -0.411 e. The second kappa shape index (κ2) is 3.47. The van der Waals surface area contributed by atoms with E-state index in [1.807, 2.05) is 17.5 Å². The Morgan fingerprint density at radius 3 is 3.08 bits per heavy atom. The van der Waals surface area contributed by atoms with Gasteiger partial charge in [-0.15, -0.1) is 11.3 Å². The fraction of sp³-hybridized carbons (Fsp3) is 0. The smallest absolute Gasteiger partial charge is 0.0748 e. The first kappa shape index (κ1) is 8.72. The Morgan fingerprint density at radius 2 is 2.31 bits per heavy atom. The van der Waals surface area contributed by atoms with Crippen molar-refractivity contribution in [3.63, 3.8) is 0 Å². The molecule has 0 unspecified atom stereocenters. The molecule has 0 aliphatic heterocycles. The topological polar surface area (TPSA) is 32.6 Å². The highest BCUT2D eigenvalue weighted by molar-refractivity contribution is 9.10. The van der Waals surface area contributed by atoms with Crippen molar-refractivity contribution in [2.75, 3.05) is 0 Å². The highest BCUT2D eigenvalue weighted by atomic mass is 79.9. The van der Waals surface area contributed by atoms with E-state index in [0.717, 1.165) is 15.4 Å². The standard InChI is InChI=1S/C9H6BrNOS/c10-7-1-2-8-6(4-11-12)5-13-9(8)3-7/h1-5,12H/b11-4+. The maximum absolute atomic E-state index is 8.42. The van der Waals surface area contributed by atoms with Crippen LogP contribution >= 0.6 is 27.3 Å². The molecule has 66 valence electrons. The Morgan fingerprint density at radius 1 is 1.46 bits per heavy atom. The van der Waals surface area contributed by atoms with Crippen LogP contribution in [-0.2, 0) is 0 Å². The summed E-state index contributed by atoms with van der Waals surface area (Å²) in [5, 5.41) is 14.5. The number of rotatable bonds is 1. The molecule has 0 fully saturated rings. The normalized spacial score (nSPS) is 11.5. The summed E-state index contributed by atoms with van der Waals surface area (Å²) < 4.78 is 2.25. The van der Waals surface area contributed by atoms with Crippen LogP contribution in [0.4, 0.5) is 0 Å². The van der Waals surface area contributed by atoms with Gasteiger partial charge in [0.05, 0.1) is 6.21 Å². The molecule has 0 aliphatic carbocycles. The van der Waals surface area contributed by atoms with Crippen molar-refractivity contribution in [2.24, 2.45) is 5.16 Å². The number of halogens is 1. The van der Waals surface area contributed by atoms with Gasteiger partial charge in [-0.2, -0.15) is 0 Å². The molecule has 0 radical (unpaired) electrons. The first-order valence-corrected chi connectivity index (χ1v) is 5.33. The molecule has 0 bridgehead atoms. The molecule has 2 nitrogen and oxygen atoms in total. The van der Waals surface area contributed by atoms with E-state index in [4.69, 9.17) is 5.21 Å². The summed E-state index contributed by atoms with van der Waals surface area (Å²) in [6.45, 7) is 0. The molecule has 1 N–H and O–H groups in total. The summed E-state index contributed by atoms with van der Waals surface area (Å²) in [5.41, 5.74) is 0.954. The summed E-state index contributed by atoms with van der Waals surface area (Å²) in [6, 6.07) is 6.03. The van der Waals surface area contributed by atoms with E-state index in [9.17, 15) is 0 Å². The summed E-state index contributed by atoms with van der Waals surface area (Å²) in [6.07, 6.45) is 1.45. The highest BCUT2D eigenvalue weighted by Crippen LogP contribution is 2.27. The number of nitrogens with zero attached hydrogens (tertiary/aromatic N) is 1. The zero-order chi connectivity index (χ0) is 9.26. The van der Waals surface area contributed by atoms with Gasteiger partial charge in [-0.3, -0.25) is 0 Å². The largest absolute Gasteiger partial charge is 0.411 e. The van der Waals surface area contributed by atoms with Gasteiger partial charge in [0.1, 0.15) is 0 Å². The van der Waals surface area contributed by atoms with Gasteiger partial charge in [-0.05, 0) is 12.1 Å². The van der Waals surface area contributed by atoms with Crippen LogP contribution in [0, 0.1) is 0 Å². The number of thiophene rings is 1. The van der Waals surface area contributed by atoms with Gasteiger partial charge in [0, 0.05) is 25.5 Å². The van der Waals surface area contributed by atoms with Crippen LogP contribution in [-0.4, -0.2) is 11.4 Å². The first-order chi connectivity index (χ1) is 6.31. The number of fused-ring (bicyclic) bond motifs is 1. The predicted molar refractivity (Wildman–Crippen MR) is 58.9 cm³/mol. The average molecular weight is 256 g/mol. The molecule has 0 spiro atoms. The van der Waals surface area contributed by atoms with Crippen LogP contribution in [0.25, 0.3) is 10.1 Å². The van der Waals surface area contributed by atoms with Crippen LogP contribution in [0.5, 0.6) is 0 Å². The summed E-state index contributed by atoms with van der Waals surface area (Å²) in [7, 11) is 0. The van der Waals surface area contributed by atoms with E-state index in [1.165, 1.54) is 10.9 Å². The lowest BCUT2D eigenvalue weighted by Crippen LogP contribution is -1.76. The van der Waals surface area contributed by atoms with E-state index in [-0.39, 0.29) is 0 Å². The van der Waals surface area contributed by atoms with Crippen LogP contribution in [0.15, 0.2) is 33.2 Å². The number of hydrogen-bond acceptors (Lipinski definition) is 3. The zero-order valence-electron chi connectivity index (χ0n) is 6.57. The Balaban J connectivity index is 2.68. The van der Waals surface area contributed by atoms with Crippen LogP contribution in [0.1, 0.15) is 5.56 Å². The van der Waals surface area contributed by atoms with Crippen molar-refractivity contribution in [1.29, 1.82) is 0 Å². The van der Waals surface area contributed by atoms with Crippen molar-refractivity contribution in [1.82, 2.24) is 0 Å². The highest BCUT2D eigenvalue weighted by Gasteiger charge is 2.01. The van der Waals surface area contributed by atoms with Crippen LogP contribution < -0.4 is 0 Å². The molecule has 0 saturated carbocycles. The zero-order valence-corrected chi connectivity index (χ0v) is 8.97. The molecule has 1 aromatic heterocycles. The van der Waals surface area contributed by atoms with E-state index >= 15 is 0 Å². The average Bonchev–Trinajstić information content (AvgIpc) is 2.49. The molecule has 4 heteroatoms. The van der Waals surface area contributed by atoms with Gasteiger partial charge in [-0.25, -0.2) is 0 Å². The summed E-state index contributed by atoms with van der Waals surface area (Å²) in [5.74, 6) is 0. The Labute approximate surface area is 87.6 Å². The molecule has 13 heavy (non-hydrogen) atoms. The second-order valence-corrected chi connectivity index (χ2v) is 4.40. The summed E-state index contributed by atoms with van der Waals surface area (Å²) >= 11 is 5.04. The van der Waals surface area contributed by atoms with Crippen molar-refractivity contribution >= 4 is 43.6 Å². The Bertz CT molecular complexity index is 464. The summed E-state index contributed by atoms with van der Waals surface area (Å²) in [4.78, 5) is 0. The Kier molecular flexibility index (Phi) is 2.33. The van der Waals surface area contributed by atoms with Crippen molar-refractivity contribution < 1.29 is 5.21 Å². The molecule has 2 rings (SSSR count). The number of oxime groups is 1. The van der Waals surface area contributed by atoms with Crippen LogP contribution in [0.2, 0.25) is 0 Å². The molecule has 0 saturated heterocycles. The third-order valence-electron chi connectivity index (χ3n) is 1.76. The SMILES string of the molecule is O/N=C/c1csc2cc(Br)ccc12. The molecule has 0 aliphatic rings. The lowest BCUT2D eigenvalue weighted by atomic mass is 10.2. The minimum absolute atomic E-state index is 0.954. The van der Waals surface area contributed by atoms with Crippen molar-refractivity contribution in [3.8, 4) is 0 Å².